The van der Waals surface area contributed by atoms with E-state index in [-0.39, 0.29) is 24.0 Å². The molecule has 0 bridgehead atoms. The summed E-state index contributed by atoms with van der Waals surface area (Å²) in [7, 11) is -1.61. The Kier molecular flexibility index (Phi) is 11.8. The van der Waals surface area contributed by atoms with E-state index in [0.717, 1.165) is 31.4 Å². The number of anilines is 1. The van der Waals surface area contributed by atoms with Gasteiger partial charge in [-0.2, -0.15) is 0 Å². The van der Waals surface area contributed by atoms with Crippen LogP contribution in [0.3, 0.4) is 0 Å². The molecule has 0 spiro atoms. The fraction of sp³-hybridized carbons (Fsp3) is 0.533. The number of para-hydroxylation sites is 1. The van der Waals surface area contributed by atoms with E-state index in [1.165, 1.54) is 0 Å². The standard InChI is InChI=1S/C15H26N4O3S.HI/c1-4-22-11-7-10-17-15(16-2)18-12-13-8-5-6-9-14(13)19-23(3,20)21;/h5-6,8-9,19H,4,7,10-12H2,1-3H3,(H2,16,17,18);1H. The van der Waals surface area contributed by atoms with Crippen LogP contribution in [0.25, 0.3) is 0 Å². The highest BCUT2D eigenvalue weighted by Gasteiger charge is 2.07. The van der Waals surface area contributed by atoms with Crippen LogP contribution in [0.15, 0.2) is 29.3 Å². The topological polar surface area (TPSA) is 91.8 Å². The van der Waals surface area contributed by atoms with E-state index in [0.29, 0.717) is 24.8 Å². The molecule has 0 aliphatic carbocycles. The van der Waals surface area contributed by atoms with Crippen LogP contribution in [-0.2, 0) is 21.3 Å². The predicted molar refractivity (Wildman–Crippen MR) is 110 cm³/mol. The van der Waals surface area contributed by atoms with Crippen LogP contribution in [0, 0.1) is 0 Å². The SMILES string of the molecule is CCOCCCNC(=NC)NCc1ccccc1NS(C)(=O)=O.I. The summed E-state index contributed by atoms with van der Waals surface area (Å²) in [5.41, 5.74) is 1.41. The lowest BCUT2D eigenvalue weighted by Gasteiger charge is -2.14. The molecule has 1 rings (SSSR count). The highest BCUT2D eigenvalue weighted by molar-refractivity contribution is 14.0. The lowest BCUT2D eigenvalue weighted by Crippen LogP contribution is -2.37. The van der Waals surface area contributed by atoms with Crippen molar-refractivity contribution in [1.82, 2.24) is 10.6 Å². The number of ether oxygens (including phenoxy) is 1. The molecule has 0 amide bonds. The fourth-order valence-electron chi connectivity index (χ4n) is 1.90. The first-order chi connectivity index (χ1) is 11.0. The molecule has 0 aromatic heterocycles. The molecule has 138 valence electrons. The van der Waals surface area contributed by atoms with E-state index in [1.807, 2.05) is 19.1 Å². The molecule has 0 atom stereocenters. The molecule has 0 unspecified atom stereocenters. The van der Waals surface area contributed by atoms with Gasteiger partial charge >= 0.3 is 0 Å². The molecule has 3 N–H and O–H groups in total. The number of aliphatic imine (C=N–C) groups is 1. The molecule has 1 aromatic carbocycles. The summed E-state index contributed by atoms with van der Waals surface area (Å²) in [5.74, 6) is 0.663. The zero-order valence-corrected chi connectivity index (χ0v) is 17.5. The van der Waals surface area contributed by atoms with Crippen LogP contribution in [0.1, 0.15) is 18.9 Å². The van der Waals surface area contributed by atoms with Crippen molar-refractivity contribution in [2.24, 2.45) is 4.99 Å². The van der Waals surface area contributed by atoms with Crippen LogP contribution < -0.4 is 15.4 Å². The average molecular weight is 470 g/mol. The maximum atomic E-state index is 11.4. The van der Waals surface area contributed by atoms with E-state index in [1.54, 1.807) is 19.2 Å². The van der Waals surface area contributed by atoms with Crippen LogP contribution >= 0.6 is 24.0 Å². The third-order valence-corrected chi connectivity index (χ3v) is 3.54. The zero-order chi connectivity index (χ0) is 17.1. The summed E-state index contributed by atoms with van der Waals surface area (Å²) in [6.45, 7) is 4.61. The summed E-state index contributed by atoms with van der Waals surface area (Å²) in [6, 6.07) is 7.25. The predicted octanol–water partition coefficient (Wildman–Crippen LogP) is 1.77. The van der Waals surface area contributed by atoms with Gasteiger partial charge in [-0.15, -0.1) is 24.0 Å². The van der Waals surface area contributed by atoms with Gasteiger partial charge in [-0.3, -0.25) is 9.71 Å². The molecule has 0 aliphatic heterocycles. The second-order valence-electron chi connectivity index (χ2n) is 4.93. The number of sulfonamides is 1. The van der Waals surface area contributed by atoms with Crippen molar-refractivity contribution >= 4 is 45.6 Å². The summed E-state index contributed by atoms with van der Waals surface area (Å²) in [6.07, 6.45) is 2.02. The average Bonchev–Trinajstić information content (AvgIpc) is 2.50. The van der Waals surface area contributed by atoms with Crippen LogP contribution in [0.4, 0.5) is 5.69 Å². The number of hydrogen-bond donors (Lipinski definition) is 3. The molecular weight excluding hydrogens is 443 g/mol. The summed E-state index contributed by atoms with van der Waals surface area (Å²) >= 11 is 0. The van der Waals surface area contributed by atoms with Crippen LogP contribution in [-0.4, -0.2) is 47.4 Å². The largest absolute Gasteiger partial charge is 0.382 e. The Morgan fingerprint density at radius 3 is 2.58 bits per heavy atom. The molecule has 0 aliphatic rings. The van der Waals surface area contributed by atoms with E-state index in [4.69, 9.17) is 4.74 Å². The summed E-state index contributed by atoms with van der Waals surface area (Å²) in [4.78, 5) is 4.14. The Labute approximate surface area is 161 Å². The van der Waals surface area contributed by atoms with Crippen LogP contribution in [0.2, 0.25) is 0 Å². The third-order valence-electron chi connectivity index (χ3n) is 2.94. The van der Waals surface area contributed by atoms with E-state index in [9.17, 15) is 8.42 Å². The Morgan fingerprint density at radius 2 is 1.96 bits per heavy atom. The first kappa shape index (κ1) is 22.9. The van der Waals surface area contributed by atoms with Gasteiger partial charge in [-0.1, -0.05) is 18.2 Å². The molecule has 1 aromatic rings. The molecule has 0 heterocycles. The normalized spacial score (nSPS) is 11.5. The first-order valence-corrected chi connectivity index (χ1v) is 9.43. The highest BCUT2D eigenvalue weighted by Crippen LogP contribution is 2.15. The van der Waals surface area contributed by atoms with Gasteiger partial charge in [0.25, 0.3) is 0 Å². The molecule has 7 nitrogen and oxygen atoms in total. The van der Waals surface area contributed by atoms with Crippen molar-refractivity contribution in [2.75, 3.05) is 37.8 Å². The Morgan fingerprint density at radius 1 is 1.25 bits per heavy atom. The lowest BCUT2D eigenvalue weighted by molar-refractivity contribution is 0.145. The van der Waals surface area contributed by atoms with Gasteiger partial charge < -0.3 is 15.4 Å². The first-order valence-electron chi connectivity index (χ1n) is 7.54. The fourth-order valence-corrected chi connectivity index (χ4v) is 2.50. The van der Waals surface area contributed by atoms with Crippen molar-refractivity contribution in [1.29, 1.82) is 0 Å². The quantitative estimate of drug-likeness (QED) is 0.222. The molecule has 0 fully saturated rings. The minimum Gasteiger partial charge on any atom is -0.382 e. The molecule has 9 heteroatoms. The van der Waals surface area contributed by atoms with Crippen molar-refractivity contribution in [2.45, 2.75) is 19.9 Å². The van der Waals surface area contributed by atoms with Crippen molar-refractivity contribution in [3.8, 4) is 0 Å². The number of guanidine groups is 1. The van der Waals surface area contributed by atoms with Gasteiger partial charge in [-0.25, -0.2) is 8.42 Å². The summed E-state index contributed by atoms with van der Waals surface area (Å²) < 4.78 is 30.6. The zero-order valence-electron chi connectivity index (χ0n) is 14.3. The third kappa shape index (κ3) is 9.93. The van der Waals surface area contributed by atoms with Gasteiger partial charge in [0.15, 0.2) is 5.96 Å². The Hall–Kier alpha value is -1.07. The smallest absolute Gasteiger partial charge is 0.229 e. The second kappa shape index (κ2) is 12.3. The minimum atomic E-state index is -3.30. The molecular formula is C15H27IN4O3S. The van der Waals surface area contributed by atoms with E-state index in [2.05, 4.69) is 20.3 Å². The van der Waals surface area contributed by atoms with Gasteiger partial charge in [0.05, 0.1) is 11.9 Å². The monoisotopic (exact) mass is 470 g/mol. The van der Waals surface area contributed by atoms with Crippen LogP contribution in [0.5, 0.6) is 0 Å². The second-order valence-corrected chi connectivity index (χ2v) is 6.68. The number of benzene rings is 1. The van der Waals surface area contributed by atoms with Crippen molar-refractivity contribution in [3.63, 3.8) is 0 Å². The number of nitrogens with zero attached hydrogens (tertiary/aromatic N) is 1. The van der Waals surface area contributed by atoms with Gasteiger partial charge in [0.1, 0.15) is 0 Å². The van der Waals surface area contributed by atoms with E-state index < -0.39 is 10.0 Å². The summed E-state index contributed by atoms with van der Waals surface area (Å²) in [5, 5.41) is 6.35. The van der Waals surface area contributed by atoms with Gasteiger partial charge in [0, 0.05) is 33.4 Å². The number of nitrogens with one attached hydrogen (secondary N) is 3. The highest BCUT2D eigenvalue weighted by atomic mass is 127. The molecule has 24 heavy (non-hydrogen) atoms. The van der Waals surface area contributed by atoms with E-state index >= 15 is 0 Å². The van der Waals surface area contributed by atoms with Gasteiger partial charge in [0.2, 0.25) is 10.0 Å². The number of halogens is 1. The van der Waals surface area contributed by atoms with Gasteiger partial charge in [-0.05, 0) is 25.0 Å². The van der Waals surface area contributed by atoms with Crippen molar-refractivity contribution in [3.05, 3.63) is 29.8 Å². The van der Waals surface area contributed by atoms with Crippen molar-refractivity contribution < 1.29 is 13.2 Å². The lowest BCUT2D eigenvalue weighted by atomic mass is 10.2. The molecule has 0 saturated carbocycles. The Balaban J connectivity index is 0.00000529. The number of rotatable bonds is 9. The molecule has 0 radical (unpaired) electrons. The number of hydrogen-bond acceptors (Lipinski definition) is 4. The molecule has 0 saturated heterocycles. The maximum Gasteiger partial charge on any atom is 0.229 e. The Bertz CT molecular complexity index is 608. The maximum absolute atomic E-state index is 11.4. The minimum absolute atomic E-state index is 0.